The number of allylic oxidation sites excluding steroid dienone is 1. The van der Waals surface area contributed by atoms with E-state index in [1.165, 1.54) is 41.5 Å². The van der Waals surface area contributed by atoms with Gasteiger partial charge in [0.1, 0.15) is 5.75 Å². The van der Waals surface area contributed by atoms with Crippen LogP contribution in [-0.2, 0) is 34.3 Å². The third-order valence-corrected chi connectivity index (χ3v) is 9.87. The lowest BCUT2D eigenvalue weighted by Crippen LogP contribution is -2.43. The molecule has 3 aromatic carbocycles. The van der Waals surface area contributed by atoms with Gasteiger partial charge in [-0.1, -0.05) is 77.9 Å². The molecular weight excluding hydrogens is 480 g/mol. The van der Waals surface area contributed by atoms with Gasteiger partial charge in [0.25, 0.3) is 0 Å². The van der Waals surface area contributed by atoms with Crippen molar-refractivity contribution in [3.63, 3.8) is 0 Å². The largest absolute Gasteiger partial charge is 0.497 e. The van der Waals surface area contributed by atoms with Crippen molar-refractivity contribution in [2.24, 2.45) is 5.41 Å². The monoisotopic (exact) mass is 522 g/mol. The van der Waals surface area contributed by atoms with Crippen LogP contribution < -0.4 is 4.74 Å². The highest BCUT2D eigenvalue weighted by atomic mass is 16.5. The molecule has 0 N–H and O–H groups in total. The smallest absolute Gasteiger partial charge is 0.119 e. The Kier molecular flexibility index (Phi) is 7.64. The van der Waals surface area contributed by atoms with Crippen molar-refractivity contribution in [2.45, 2.75) is 75.9 Å². The molecule has 3 heteroatoms. The Morgan fingerprint density at radius 3 is 2.33 bits per heavy atom. The molecule has 3 nitrogen and oxygen atoms in total. The van der Waals surface area contributed by atoms with Crippen molar-refractivity contribution >= 4 is 0 Å². The molecule has 0 bridgehead atoms. The Morgan fingerprint density at radius 2 is 1.59 bits per heavy atom. The summed E-state index contributed by atoms with van der Waals surface area (Å²) in [6.07, 6.45) is 10.6. The first kappa shape index (κ1) is 26.3. The van der Waals surface area contributed by atoms with E-state index in [1.807, 2.05) is 7.11 Å². The predicted molar refractivity (Wildman–Crippen MR) is 157 cm³/mol. The van der Waals surface area contributed by atoms with E-state index in [2.05, 4.69) is 78.9 Å². The second-order valence-corrected chi connectivity index (χ2v) is 11.9. The number of methoxy groups -OCH3 is 2. The highest BCUT2D eigenvalue weighted by molar-refractivity contribution is 5.54. The molecule has 0 aliphatic heterocycles. The fourth-order valence-electron chi connectivity index (χ4n) is 8.04. The van der Waals surface area contributed by atoms with Crippen LogP contribution >= 0.6 is 0 Å². The average Bonchev–Trinajstić information content (AvgIpc) is 3.37. The molecule has 0 saturated heterocycles. The minimum absolute atomic E-state index is 0.0620. The molecule has 1 fully saturated rings. The van der Waals surface area contributed by atoms with Crippen molar-refractivity contribution in [3.8, 4) is 5.75 Å². The molecule has 6 rings (SSSR count). The maximum absolute atomic E-state index is 6.12. The van der Waals surface area contributed by atoms with Crippen LogP contribution in [0, 0.1) is 5.41 Å². The minimum atomic E-state index is 0.0620. The van der Waals surface area contributed by atoms with Crippen LogP contribution in [0.2, 0.25) is 0 Å². The topological polar surface area (TPSA) is 27.7 Å². The van der Waals surface area contributed by atoms with Crippen molar-refractivity contribution in [2.75, 3.05) is 20.8 Å². The number of fused-ring (bicyclic) bond motifs is 4. The third kappa shape index (κ3) is 5.08. The Balaban J connectivity index is 1.32. The summed E-state index contributed by atoms with van der Waals surface area (Å²) in [4.78, 5) is 0. The van der Waals surface area contributed by atoms with Crippen LogP contribution in [0.4, 0.5) is 0 Å². The quantitative estimate of drug-likeness (QED) is 0.199. The van der Waals surface area contributed by atoms with Gasteiger partial charge in [0, 0.05) is 19.1 Å². The normalized spacial score (nSPS) is 25.6. The van der Waals surface area contributed by atoms with Crippen molar-refractivity contribution < 1.29 is 14.2 Å². The van der Waals surface area contributed by atoms with Gasteiger partial charge in [-0.2, -0.15) is 0 Å². The van der Waals surface area contributed by atoms with Gasteiger partial charge >= 0.3 is 0 Å². The molecule has 3 aromatic rings. The highest BCUT2D eigenvalue weighted by Crippen LogP contribution is 2.62. The van der Waals surface area contributed by atoms with Gasteiger partial charge in [0.2, 0.25) is 0 Å². The van der Waals surface area contributed by atoms with Crippen LogP contribution in [0.25, 0.3) is 0 Å². The number of hydrogen-bond acceptors (Lipinski definition) is 3. The second kappa shape index (κ2) is 11.3. The second-order valence-electron chi connectivity index (χ2n) is 11.9. The number of hydrogen-bond donors (Lipinski definition) is 0. The number of aryl methyl sites for hydroxylation is 1. The Morgan fingerprint density at radius 1 is 0.821 bits per heavy atom. The highest BCUT2D eigenvalue weighted by Gasteiger charge is 2.54. The van der Waals surface area contributed by atoms with Gasteiger partial charge in [0.05, 0.1) is 19.8 Å². The molecule has 3 atom stereocenters. The zero-order chi connectivity index (χ0) is 26.7. The molecule has 39 heavy (non-hydrogen) atoms. The van der Waals surface area contributed by atoms with Crippen LogP contribution in [0.3, 0.4) is 0 Å². The Hall–Kier alpha value is -2.88. The molecule has 204 valence electrons. The molecule has 3 aliphatic carbocycles. The van der Waals surface area contributed by atoms with E-state index < -0.39 is 0 Å². The average molecular weight is 523 g/mol. The first-order valence-electron chi connectivity index (χ1n) is 14.7. The van der Waals surface area contributed by atoms with E-state index in [0.717, 1.165) is 50.9 Å². The number of rotatable bonds is 10. The summed E-state index contributed by atoms with van der Waals surface area (Å²) in [5, 5.41) is 0. The number of ether oxygens (including phenoxy) is 3. The number of benzene rings is 3. The molecule has 0 aromatic heterocycles. The van der Waals surface area contributed by atoms with Crippen LogP contribution in [0.1, 0.15) is 67.2 Å². The molecule has 3 aliphatic rings. The lowest BCUT2D eigenvalue weighted by molar-refractivity contribution is 0.0784. The summed E-state index contributed by atoms with van der Waals surface area (Å²) in [6.45, 7) is 1.51. The van der Waals surface area contributed by atoms with Crippen LogP contribution in [0.5, 0.6) is 5.75 Å². The van der Waals surface area contributed by atoms with Gasteiger partial charge in [-0.05, 0) is 97.6 Å². The van der Waals surface area contributed by atoms with Gasteiger partial charge in [0.15, 0.2) is 0 Å². The summed E-state index contributed by atoms with van der Waals surface area (Å²) < 4.78 is 17.8. The first-order valence-corrected chi connectivity index (χ1v) is 14.7. The van der Waals surface area contributed by atoms with E-state index in [-0.39, 0.29) is 10.8 Å². The van der Waals surface area contributed by atoms with E-state index in [1.54, 1.807) is 18.3 Å². The maximum Gasteiger partial charge on any atom is 0.119 e. The summed E-state index contributed by atoms with van der Waals surface area (Å²) in [7, 11) is 3.68. The first-order chi connectivity index (χ1) is 19.2. The maximum atomic E-state index is 6.12. The predicted octanol–water partition coefficient (Wildman–Crippen LogP) is 8.00. The molecule has 2 unspecified atom stereocenters. The third-order valence-electron chi connectivity index (χ3n) is 9.87. The summed E-state index contributed by atoms with van der Waals surface area (Å²) >= 11 is 0. The van der Waals surface area contributed by atoms with E-state index >= 15 is 0 Å². The standard InChI is InChI=1S/C36H42O3/c1-37-30-15-17-32-29(22-30)14-16-33-34-23-31(38-2)25-35(34,18-9-21-39-26-28-12-7-4-8-13-28)19-20-36(32,33)24-27-10-5-3-6-11-27/h3-8,10-13,15,17,22,31H,9,14,16,18-21,23-26H2,1-2H3/t31?,35-,36?/m0/s1. The van der Waals surface area contributed by atoms with E-state index in [9.17, 15) is 0 Å². The van der Waals surface area contributed by atoms with E-state index in [0.29, 0.717) is 12.7 Å². The minimum Gasteiger partial charge on any atom is -0.497 e. The molecule has 0 radical (unpaired) electrons. The van der Waals surface area contributed by atoms with Crippen molar-refractivity contribution in [3.05, 3.63) is 112 Å². The van der Waals surface area contributed by atoms with Gasteiger partial charge in [-0.25, -0.2) is 0 Å². The van der Waals surface area contributed by atoms with E-state index in [4.69, 9.17) is 14.2 Å². The molecule has 0 heterocycles. The zero-order valence-corrected chi connectivity index (χ0v) is 23.6. The van der Waals surface area contributed by atoms with Crippen molar-refractivity contribution in [1.82, 2.24) is 0 Å². The lowest BCUT2D eigenvalue weighted by Gasteiger charge is -2.51. The molecule has 0 spiro atoms. The summed E-state index contributed by atoms with van der Waals surface area (Å²) in [6, 6.07) is 28.5. The van der Waals surface area contributed by atoms with Crippen LogP contribution in [0.15, 0.2) is 90.0 Å². The Labute approximate surface area is 234 Å². The fourth-order valence-corrected chi connectivity index (χ4v) is 8.04. The Bertz CT molecular complexity index is 1300. The fraction of sp³-hybridized carbons (Fsp3) is 0.444. The van der Waals surface area contributed by atoms with Crippen molar-refractivity contribution in [1.29, 1.82) is 0 Å². The summed E-state index contributed by atoms with van der Waals surface area (Å²) in [5.74, 6) is 0.973. The lowest BCUT2D eigenvalue weighted by atomic mass is 9.53. The van der Waals surface area contributed by atoms with Crippen LogP contribution in [-0.4, -0.2) is 26.9 Å². The van der Waals surface area contributed by atoms with Gasteiger partial charge in [-0.15, -0.1) is 0 Å². The summed E-state index contributed by atoms with van der Waals surface area (Å²) in [5.41, 5.74) is 9.44. The van der Waals surface area contributed by atoms with Gasteiger partial charge in [-0.3, -0.25) is 0 Å². The molecule has 1 saturated carbocycles. The van der Waals surface area contributed by atoms with Gasteiger partial charge < -0.3 is 14.2 Å². The SMILES string of the molecule is COc1ccc2c(c1)CCC1=C3CC(OC)C[C@]3(CCCOCc3ccccc3)CCC12Cc1ccccc1. The molecular formula is C36H42O3. The zero-order valence-electron chi connectivity index (χ0n) is 23.6. The molecule has 0 amide bonds.